The first-order valence-corrected chi connectivity index (χ1v) is 9.29. The van der Waals surface area contributed by atoms with Crippen LogP contribution in [-0.2, 0) is 28.5 Å². The van der Waals surface area contributed by atoms with Crippen molar-refractivity contribution in [1.29, 1.82) is 0 Å². The molecule has 27 heavy (non-hydrogen) atoms. The van der Waals surface area contributed by atoms with Crippen LogP contribution in [0.1, 0.15) is 38.8 Å². The van der Waals surface area contributed by atoms with E-state index in [9.17, 15) is 4.79 Å². The summed E-state index contributed by atoms with van der Waals surface area (Å²) >= 11 is 0. The Morgan fingerprint density at radius 1 is 0.926 bits per heavy atom. The van der Waals surface area contributed by atoms with E-state index in [1.54, 1.807) is 0 Å². The molecule has 0 aliphatic carbocycles. The third kappa shape index (κ3) is 3.50. The van der Waals surface area contributed by atoms with Crippen LogP contribution in [0.4, 0.5) is 5.69 Å². The van der Waals surface area contributed by atoms with Crippen molar-refractivity contribution in [3.05, 3.63) is 29.3 Å². The molecule has 3 saturated heterocycles. The molecule has 3 aliphatic heterocycles. The van der Waals surface area contributed by atoms with Crippen LogP contribution in [-0.4, -0.2) is 48.2 Å². The number of hydrogen-bond acceptors (Lipinski definition) is 6. The summed E-state index contributed by atoms with van der Waals surface area (Å²) in [7, 11) is 0. The number of nitrogens with one attached hydrogen (secondary N) is 1. The minimum Gasteiger partial charge on any atom is -0.342 e. The van der Waals surface area contributed by atoms with Gasteiger partial charge in [-0.25, -0.2) is 0 Å². The summed E-state index contributed by atoms with van der Waals surface area (Å²) in [4.78, 5) is 13.1. The summed E-state index contributed by atoms with van der Waals surface area (Å²) in [5.74, 6) is -1.93. The molecule has 5 atom stereocenters. The van der Waals surface area contributed by atoms with Gasteiger partial charge in [0.15, 0.2) is 24.0 Å². The highest BCUT2D eigenvalue weighted by molar-refractivity contribution is 5.95. The second-order valence-electron chi connectivity index (χ2n) is 8.40. The van der Waals surface area contributed by atoms with Crippen molar-refractivity contribution in [2.45, 2.75) is 83.8 Å². The normalized spacial score (nSPS) is 36.1. The Balaban J connectivity index is 1.60. The van der Waals surface area contributed by atoms with Crippen LogP contribution in [0.5, 0.6) is 0 Å². The SMILES string of the molecule is Cc1ccc(C)c(NC(=O)[C@H]2O[C@H]3OC(C)(C)O[C@@H]3[C@H]3OC(C)(C)O[C@H]32)c1. The molecule has 0 aromatic heterocycles. The number of amides is 1. The standard InChI is InChI=1S/C20H27NO6/c1-10-7-8-11(2)12(9-10)21-17(22)15-13-14(25-19(3,4)24-13)16-18(23-15)27-20(5,6)26-16/h7-9,13-16,18H,1-6H3,(H,21,22)/t13-,14+,15+,16-,18+/m1/s1. The number of aryl methyl sites for hydroxylation is 2. The van der Waals surface area contributed by atoms with Gasteiger partial charge in [0.1, 0.15) is 18.3 Å². The molecule has 3 aliphatic rings. The van der Waals surface area contributed by atoms with E-state index in [0.29, 0.717) is 0 Å². The Morgan fingerprint density at radius 2 is 1.56 bits per heavy atom. The molecular formula is C20H27NO6. The molecule has 1 aromatic rings. The Hall–Kier alpha value is -1.51. The third-order valence-corrected chi connectivity index (χ3v) is 5.06. The molecule has 0 unspecified atom stereocenters. The monoisotopic (exact) mass is 377 g/mol. The number of hydrogen-bond donors (Lipinski definition) is 1. The van der Waals surface area contributed by atoms with Crippen molar-refractivity contribution in [3.8, 4) is 0 Å². The van der Waals surface area contributed by atoms with Crippen LogP contribution < -0.4 is 5.32 Å². The van der Waals surface area contributed by atoms with E-state index in [4.69, 9.17) is 23.7 Å². The van der Waals surface area contributed by atoms with E-state index in [1.807, 2.05) is 59.7 Å². The van der Waals surface area contributed by atoms with E-state index < -0.39 is 42.3 Å². The average Bonchev–Trinajstić information content (AvgIpc) is 3.04. The number of fused-ring (bicyclic) bond motifs is 3. The van der Waals surface area contributed by atoms with E-state index in [1.165, 1.54) is 0 Å². The number of anilines is 1. The zero-order valence-electron chi connectivity index (χ0n) is 16.6. The van der Waals surface area contributed by atoms with Crippen molar-refractivity contribution in [1.82, 2.24) is 0 Å². The van der Waals surface area contributed by atoms with Gasteiger partial charge in [-0.3, -0.25) is 4.79 Å². The Bertz CT molecular complexity index is 761. The highest BCUT2D eigenvalue weighted by Gasteiger charge is 2.62. The van der Waals surface area contributed by atoms with E-state index in [0.717, 1.165) is 16.8 Å². The number of ether oxygens (including phenoxy) is 5. The number of benzene rings is 1. The molecule has 1 amide bonds. The molecule has 3 fully saturated rings. The molecule has 0 bridgehead atoms. The number of carbonyl (C=O) groups is 1. The molecule has 7 heteroatoms. The summed E-state index contributed by atoms with van der Waals surface area (Å²) in [6, 6.07) is 5.91. The Kier molecular flexibility index (Phi) is 4.36. The lowest BCUT2D eigenvalue weighted by molar-refractivity contribution is -0.229. The van der Waals surface area contributed by atoms with Gasteiger partial charge in [0.2, 0.25) is 0 Å². The van der Waals surface area contributed by atoms with Gasteiger partial charge in [-0.15, -0.1) is 0 Å². The third-order valence-electron chi connectivity index (χ3n) is 5.06. The second kappa shape index (κ2) is 6.25. The first-order valence-electron chi connectivity index (χ1n) is 9.29. The van der Waals surface area contributed by atoms with Gasteiger partial charge in [0.25, 0.3) is 5.91 Å². The molecule has 1 aromatic carbocycles. The van der Waals surface area contributed by atoms with Gasteiger partial charge in [-0.2, -0.15) is 0 Å². The van der Waals surface area contributed by atoms with Gasteiger partial charge >= 0.3 is 0 Å². The van der Waals surface area contributed by atoms with E-state index in [2.05, 4.69) is 5.32 Å². The summed E-state index contributed by atoms with van der Waals surface area (Å²) in [6.45, 7) is 11.2. The van der Waals surface area contributed by atoms with Gasteiger partial charge in [0.05, 0.1) is 0 Å². The zero-order valence-corrected chi connectivity index (χ0v) is 16.6. The Labute approximate surface area is 159 Å². The molecule has 0 radical (unpaired) electrons. The summed E-state index contributed by atoms with van der Waals surface area (Å²) in [6.07, 6.45) is -3.03. The highest BCUT2D eigenvalue weighted by Crippen LogP contribution is 2.44. The van der Waals surface area contributed by atoms with Crippen molar-refractivity contribution < 1.29 is 28.5 Å². The van der Waals surface area contributed by atoms with Crippen molar-refractivity contribution in [3.63, 3.8) is 0 Å². The van der Waals surface area contributed by atoms with Crippen LogP contribution in [0.25, 0.3) is 0 Å². The summed E-state index contributed by atoms with van der Waals surface area (Å²) < 4.78 is 29.8. The van der Waals surface area contributed by atoms with Crippen LogP contribution in [0, 0.1) is 13.8 Å². The maximum absolute atomic E-state index is 13.1. The average molecular weight is 377 g/mol. The van der Waals surface area contributed by atoms with Crippen molar-refractivity contribution >= 4 is 11.6 Å². The molecule has 148 valence electrons. The molecule has 3 heterocycles. The first kappa shape index (κ1) is 18.8. The number of rotatable bonds is 2. The fraction of sp³-hybridized carbons (Fsp3) is 0.650. The van der Waals surface area contributed by atoms with Gasteiger partial charge in [-0.05, 0) is 58.7 Å². The molecular weight excluding hydrogens is 350 g/mol. The topological polar surface area (TPSA) is 75.3 Å². The summed E-state index contributed by atoms with van der Waals surface area (Å²) in [5, 5.41) is 2.97. The molecule has 7 nitrogen and oxygen atoms in total. The smallest absolute Gasteiger partial charge is 0.256 e. The zero-order chi connectivity index (χ0) is 19.6. The van der Waals surface area contributed by atoms with E-state index in [-0.39, 0.29) is 5.91 Å². The minimum atomic E-state index is -0.865. The van der Waals surface area contributed by atoms with Gasteiger partial charge in [0, 0.05) is 5.69 Å². The fourth-order valence-corrected chi connectivity index (χ4v) is 3.90. The number of carbonyl (C=O) groups excluding carboxylic acids is 1. The minimum absolute atomic E-state index is 0.285. The molecule has 1 N–H and O–H groups in total. The lowest BCUT2D eigenvalue weighted by Crippen LogP contribution is -2.58. The van der Waals surface area contributed by atoms with Crippen LogP contribution >= 0.6 is 0 Å². The van der Waals surface area contributed by atoms with Crippen LogP contribution in [0.15, 0.2) is 18.2 Å². The fourth-order valence-electron chi connectivity index (χ4n) is 3.90. The van der Waals surface area contributed by atoms with Crippen molar-refractivity contribution in [2.24, 2.45) is 0 Å². The maximum atomic E-state index is 13.1. The largest absolute Gasteiger partial charge is 0.342 e. The Morgan fingerprint density at radius 3 is 2.30 bits per heavy atom. The van der Waals surface area contributed by atoms with Gasteiger partial charge < -0.3 is 29.0 Å². The molecule has 0 saturated carbocycles. The maximum Gasteiger partial charge on any atom is 0.256 e. The second-order valence-corrected chi connectivity index (χ2v) is 8.40. The van der Waals surface area contributed by atoms with Crippen LogP contribution in [0.3, 0.4) is 0 Å². The first-order chi connectivity index (χ1) is 12.5. The highest BCUT2D eigenvalue weighted by atomic mass is 16.9. The lowest BCUT2D eigenvalue weighted by atomic mass is 9.98. The predicted molar refractivity (Wildman–Crippen MR) is 97.1 cm³/mol. The molecule has 0 spiro atoms. The van der Waals surface area contributed by atoms with Crippen molar-refractivity contribution in [2.75, 3.05) is 5.32 Å². The molecule has 4 rings (SSSR count). The van der Waals surface area contributed by atoms with E-state index >= 15 is 0 Å². The van der Waals surface area contributed by atoms with Crippen LogP contribution in [0.2, 0.25) is 0 Å². The lowest BCUT2D eigenvalue weighted by Gasteiger charge is -2.36. The predicted octanol–water partition coefficient (Wildman–Crippen LogP) is 2.64. The van der Waals surface area contributed by atoms with Gasteiger partial charge in [-0.1, -0.05) is 12.1 Å². The quantitative estimate of drug-likeness (QED) is 0.854. The summed E-state index contributed by atoms with van der Waals surface area (Å²) in [5.41, 5.74) is 2.79.